The molecule has 7 heteroatoms. The molecule has 1 N–H and O–H groups in total. The topological polar surface area (TPSA) is 75.2 Å². The third kappa shape index (κ3) is 6.22. The van der Waals surface area contributed by atoms with E-state index in [1.807, 2.05) is 54.6 Å². The SMILES string of the molecule is O=S(=O)(Cc1ccccc1)N(Cc1cccc(-c2ccc3ncnc(NCCc4ccccc4)c3c2)c1)C1CC1. The smallest absolute Gasteiger partial charge is 0.218 e. The van der Waals surface area contributed by atoms with E-state index in [-0.39, 0.29) is 11.8 Å². The Morgan fingerprint density at radius 3 is 2.20 bits per heavy atom. The van der Waals surface area contributed by atoms with Crippen LogP contribution in [-0.2, 0) is 28.7 Å². The molecule has 1 saturated carbocycles. The van der Waals surface area contributed by atoms with Gasteiger partial charge in [-0.3, -0.25) is 0 Å². The lowest BCUT2D eigenvalue weighted by Gasteiger charge is -2.22. The van der Waals surface area contributed by atoms with E-state index in [0.717, 1.165) is 64.8 Å². The number of nitrogens with one attached hydrogen (secondary N) is 1. The molecule has 202 valence electrons. The molecule has 6 nitrogen and oxygen atoms in total. The highest BCUT2D eigenvalue weighted by molar-refractivity contribution is 7.88. The number of sulfonamides is 1. The standard InChI is InChI=1S/C33H32N4O2S/c38-40(39,23-26-10-5-2-6-11-26)37(30-15-16-30)22-27-12-7-13-28(20-27)29-14-17-32-31(21-29)33(36-24-35-32)34-19-18-25-8-3-1-4-9-25/h1-14,17,20-21,24,30H,15-16,18-19,22-23H2,(H,34,35,36). The lowest BCUT2D eigenvalue weighted by molar-refractivity contribution is 0.398. The van der Waals surface area contributed by atoms with Crippen molar-refractivity contribution in [1.29, 1.82) is 0 Å². The number of hydrogen-bond donors (Lipinski definition) is 1. The zero-order valence-electron chi connectivity index (χ0n) is 22.3. The first-order chi connectivity index (χ1) is 19.5. The summed E-state index contributed by atoms with van der Waals surface area (Å²) in [6.07, 6.45) is 4.32. The Morgan fingerprint density at radius 2 is 1.45 bits per heavy atom. The second-order valence-corrected chi connectivity index (χ2v) is 12.3. The van der Waals surface area contributed by atoms with Crippen molar-refractivity contribution in [3.8, 4) is 11.1 Å². The third-order valence-corrected chi connectivity index (χ3v) is 9.13. The fourth-order valence-electron chi connectivity index (χ4n) is 5.06. The van der Waals surface area contributed by atoms with Crippen molar-refractivity contribution in [2.75, 3.05) is 11.9 Å². The summed E-state index contributed by atoms with van der Waals surface area (Å²) in [5, 5.41) is 4.45. The monoisotopic (exact) mass is 548 g/mol. The highest BCUT2D eigenvalue weighted by Gasteiger charge is 2.37. The molecule has 0 saturated heterocycles. The van der Waals surface area contributed by atoms with Crippen LogP contribution in [0.1, 0.15) is 29.5 Å². The summed E-state index contributed by atoms with van der Waals surface area (Å²) in [6, 6.07) is 34.3. The molecule has 1 aliphatic carbocycles. The van der Waals surface area contributed by atoms with Gasteiger partial charge in [0.05, 0.1) is 11.3 Å². The summed E-state index contributed by atoms with van der Waals surface area (Å²) >= 11 is 0. The molecule has 0 bridgehead atoms. The van der Waals surface area contributed by atoms with Crippen molar-refractivity contribution in [1.82, 2.24) is 14.3 Å². The van der Waals surface area contributed by atoms with Crippen LogP contribution < -0.4 is 5.32 Å². The predicted molar refractivity (Wildman–Crippen MR) is 161 cm³/mol. The van der Waals surface area contributed by atoms with Crippen LogP contribution in [0.4, 0.5) is 5.82 Å². The van der Waals surface area contributed by atoms with Gasteiger partial charge in [-0.2, -0.15) is 4.31 Å². The van der Waals surface area contributed by atoms with Crippen LogP contribution in [0.25, 0.3) is 22.0 Å². The summed E-state index contributed by atoms with van der Waals surface area (Å²) in [5.74, 6) is 0.834. The van der Waals surface area contributed by atoms with Crippen molar-refractivity contribution in [3.63, 3.8) is 0 Å². The molecule has 0 spiro atoms. The Kier molecular flexibility index (Phi) is 7.58. The third-order valence-electron chi connectivity index (χ3n) is 7.29. The second-order valence-electron chi connectivity index (χ2n) is 10.3. The number of aromatic nitrogens is 2. The van der Waals surface area contributed by atoms with Crippen LogP contribution in [0.15, 0.2) is 109 Å². The lowest BCUT2D eigenvalue weighted by Crippen LogP contribution is -2.33. The van der Waals surface area contributed by atoms with Gasteiger partial charge in [0.25, 0.3) is 0 Å². The van der Waals surface area contributed by atoms with Crippen LogP contribution in [0.3, 0.4) is 0 Å². The number of benzene rings is 4. The van der Waals surface area contributed by atoms with Crippen LogP contribution >= 0.6 is 0 Å². The normalized spacial score (nSPS) is 13.5. The van der Waals surface area contributed by atoms with Crippen LogP contribution in [-0.4, -0.2) is 35.3 Å². The van der Waals surface area contributed by atoms with Crippen molar-refractivity contribution < 1.29 is 8.42 Å². The molecule has 0 amide bonds. The maximum Gasteiger partial charge on any atom is 0.218 e. The van der Waals surface area contributed by atoms with Crippen molar-refractivity contribution in [3.05, 3.63) is 126 Å². The maximum atomic E-state index is 13.4. The second kappa shape index (κ2) is 11.6. The first kappa shape index (κ1) is 26.2. The Balaban J connectivity index is 1.22. The molecule has 0 radical (unpaired) electrons. The van der Waals surface area contributed by atoms with Gasteiger partial charge in [0.1, 0.15) is 12.1 Å². The van der Waals surface area contributed by atoms with Gasteiger partial charge in [0.15, 0.2) is 0 Å². The van der Waals surface area contributed by atoms with E-state index in [9.17, 15) is 8.42 Å². The van der Waals surface area contributed by atoms with Crippen molar-refractivity contribution in [2.24, 2.45) is 0 Å². The zero-order chi connectivity index (χ0) is 27.4. The molecule has 1 fully saturated rings. The Bertz CT molecular complexity index is 1710. The van der Waals surface area contributed by atoms with Crippen molar-refractivity contribution in [2.45, 2.75) is 37.6 Å². The first-order valence-electron chi connectivity index (χ1n) is 13.7. The fourth-order valence-corrected chi connectivity index (χ4v) is 6.85. The van der Waals surface area contributed by atoms with Gasteiger partial charge in [-0.1, -0.05) is 84.9 Å². The minimum absolute atomic E-state index is 0.0226. The Morgan fingerprint density at radius 1 is 0.750 bits per heavy atom. The van der Waals surface area contributed by atoms with E-state index in [1.54, 1.807) is 10.6 Å². The number of anilines is 1. The number of fused-ring (bicyclic) bond motifs is 1. The minimum Gasteiger partial charge on any atom is -0.369 e. The number of hydrogen-bond acceptors (Lipinski definition) is 5. The molecule has 1 aromatic heterocycles. The number of nitrogens with zero attached hydrogens (tertiary/aromatic N) is 3. The molecule has 4 aromatic carbocycles. The quantitative estimate of drug-likeness (QED) is 0.205. The largest absolute Gasteiger partial charge is 0.369 e. The molecule has 0 unspecified atom stereocenters. The van der Waals surface area contributed by atoms with E-state index >= 15 is 0 Å². The highest BCUT2D eigenvalue weighted by Crippen LogP contribution is 2.33. The first-order valence-corrected chi connectivity index (χ1v) is 15.3. The van der Waals surface area contributed by atoms with Crippen LogP contribution in [0.5, 0.6) is 0 Å². The van der Waals surface area contributed by atoms with Gasteiger partial charge >= 0.3 is 0 Å². The van der Waals surface area contributed by atoms with E-state index in [4.69, 9.17) is 0 Å². The van der Waals surface area contributed by atoms with Gasteiger partial charge in [-0.15, -0.1) is 0 Å². The number of rotatable bonds is 11. The maximum absolute atomic E-state index is 13.4. The zero-order valence-corrected chi connectivity index (χ0v) is 23.1. The van der Waals surface area contributed by atoms with Gasteiger partial charge in [-0.05, 0) is 65.3 Å². The molecule has 40 heavy (non-hydrogen) atoms. The van der Waals surface area contributed by atoms with Crippen molar-refractivity contribution >= 4 is 26.7 Å². The molecule has 1 heterocycles. The molecule has 0 aliphatic heterocycles. The van der Waals surface area contributed by atoms with E-state index in [0.29, 0.717) is 6.54 Å². The summed E-state index contributed by atoms with van der Waals surface area (Å²) in [7, 11) is -3.44. The van der Waals surface area contributed by atoms with E-state index < -0.39 is 10.0 Å². The summed E-state index contributed by atoms with van der Waals surface area (Å²) in [5.41, 5.74) is 6.02. The Labute approximate surface area is 235 Å². The molecular weight excluding hydrogens is 516 g/mol. The molecule has 6 rings (SSSR count). The van der Waals surface area contributed by atoms with E-state index in [2.05, 4.69) is 63.8 Å². The summed E-state index contributed by atoms with van der Waals surface area (Å²) in [4.78, 5) is 8.99. The molecule has 0 atom stereocenters. The average molecular weight is 549 g/mol. The predicted octanol–water partition coefficient (Wildman–Crippen LogP) is 6.45. The summed E-state index contributed by atoms with van der Waals surface area (Å²) in [6.45, 7) is 1.14. The molecule has 5 aromatic rings. The average Bonchev–Trinajstić information content (AvgIpc) is 3.82. The van der Waals surface area contributed by atoms with Crippen LogP contribution in [0, 0.1) is 0 Å². The molecular formula is C33H32N4O2S. The Hall–Kier alpha value is -4.07. The lowest BCUT2D eigenvalue weighted by atomic mass is 10.0. The molecule has 1 aliphatic rings. The van der Waals surface area contributed by atoms with Gasteiger partial charge in [0.2, 0.25) is 10.0 Å². The van der Waals surface area contributed by atoms with Gasteiger partial charge in [-0.25, -0.2) is 18.4 Å². The fraction of sp³-hybridized carbons (Fsp3) is 0.212. The minimum atomic E-state index is -3.44. The summed E-state index contributed by atoms with van der Waals surface area (Å²) < 4.78 is 28.5. The highest BCUT2D eigenvalue weighted by atomic mass is 32.2. The van der Waals surface area contributed by atoms with Crippen LogP contribution in [0.2, 0.25) is 0 Å². The van der Waals surface area contributed by atoms with E-state index in [1.165, 1.54) is 5.56 Å². The van der Waals surface area contributed by atoms with Gasteiger partial charge < -0.3 is 5.32 Å². The van der Waals surface area contributed by atoms with Gasteiger partial charge in [0, 0.05) is 24.5 Å².